The molecule has 1 rings (SSSR count). The van der Waals surface area contributed by atoms with Crippen LogP contribution in [0.4, 0.5) is 5.69 Å². The van der Waals surface area contributed by atoms with Gasteiger partial charge >= 0.3 is 0 Å². The van der Waals surface area contributed by atoms with Gasteiger partial charge in [-0.25, -0.2) is 12.7 Å². The van der Waals surface area contributed by atoms with Crippen LogP contribution in [0.1, 0.15) is 6.42 Å². The molecule has 0 saturated heterocycles. The van der Waals surface area contributed by atoms with E-state index in [0.717, 1.165) is 4.31 Å². The van der Waals surface area contributed by atoms with Crippen LogP contribution in [0.2, 0.25) is 10.0 Å². The third-order valence-electron chi connectivity index (χ3n) is 2.35. The zero-order chi connectivity index (χ0) is 14.6. The van der Waals surface area contributed by atoms with Crippen molar-refractivity contribution in [3.8, 4) is 0 Å². The number of nitrogens with zero attached hydrogens (tertiary/aromatic N) is 1. The zero-order valence-corrected chi connectivity index (χ0v) is 12.8. The van der Waals surface area contributed by atoms with E-state index in [1.807, 2.05) is 0 Å². The molecule has 0 aliphatic heterocycles. The van der Waals surface area contributed by atoms with Gasteiger partial charge < -0.3 is 5.32 Å². The zero-order valence-electron chi connectivity index (χ0n) is 10.5. The molecule has 106 valence electrons. The van der Waals surface area contributed by atoms with Crippen molar-refractivity contribution in [2.75, 3.05) is 25.2 Å². The minimum atomic E-state index is -3.39. The molecule has 5 nitrogen and oxygen atoms in total. The number of sulfonamides is 1. The fraction of sp³-hybridized carbons (Fsp3) is 0.364. The lowest BCUT2D eigenvalue weighted by Gasteiger charge is -2.11. The van der Waals surface area contributed by atoms with E-state index in [9.17, 15) is 13.2 Å². The Labute approximate surface area is 122 Å². The largest absolute Gasteiger partial charge is 0.325 e. The fourth-order valence-corrected chi connectivity index (χ4v) is 2.36. The summed E-state index contributed by atoms with van der Waals surface area (Å²) in [5.41, 5.74) is 0.362. The van der Waals surface area contributed by atoms with Gasteiger partial charge in [0.05, 0.1) is 16.5 Å². The van der Waals surface area contributed by atoms with E-state index in [0.29, 0.717) is 15.7 Å². The number of hydrogen-bond acceptors (Lipinski definition) is 3. The van der Waals surface area contributed by atoms with E-state index in [2.05, 4.69) is 5.32 Å². The highest BCUT2D eigenvalue weighted by atomic mass is 35.5. The van der Waals surface area contributed by atoms with Gasteiger partial charge in [0, 0.05) is 25.5 Å². The maximum atomic E-state index is 11.6. The molecule has 0 atom stereocenters. The van der Waals surface area contributed by atoms with E-state index in [1.54, 1.807) is 12.1 Å². The van der Waals surface area contributed by atoms with Gasteiger partial charge in [-0.3, -0.25) is 4.79 Å². The van der Waals surface area contributed by atoms with Gasteiger partial charge in [-0.05, 0) is 18.2 Å². The average Bonchev–Trinajstić information content (AvgIpc) is 2.31. The Hall–Kier alpha value is -0.820. The molecule has 0 aliphatic rings. The van der Waals surface area contributed by atoms with Crippen LogP contribution in [-0.2, 0) is 14.8 Å². The summed E-state index contributed by atoms with van der Waals surface area (Å²) in [6.07, 6.45) is -0.149. The second kappa shape index (κ2) is 6.56. The van der Waals surface area contributed by atoms with Crippen LogP contribution in [0, 0.1) is 0 Å². The van der Waals surface area contributed by atoms with Crippen LogP contribution in [0.5, 0.6) is 0 Å². The van der Waals surface area contributed by atoms with Crippen molar-refractivity contribution in [3.05, 3.63) is 28.2 Å². The van der Waals surface area contributed by atoms with Crippen molar-refractivity contribution in [1.82, 2.24) is 4.31 Å². The standard InChI is InChI=1S/C11H14Cl2N2O3S/c1-15(2)19(17,18)6-5-11(16)14-10-7-8(12)3-4-9(10)13/h3-4,7H,5-6H2,1-2H3,(H,14,16). The second-order valence-corrected chi connectivity index (χ2v) is 7.17. The Morgan fingerprint density at radius 2 is 1.95 bits per heavy atom. The van der Waals surface area contributed by atoms with Crippen molar-refractivity contribution in [2.45, 2.75) is 6.42 Å². The van der Waals surface area contributed by atoms with Crippen molar-refractivity contribution >= 4 is 44.8 Å². The smallest absolute Gasteiger partial charge is 0.225 e. The Bertz CT molecular complexity index is 573. The lowest BCUT2D eigenvalue weighted by molar-refractivity contribution is -0.115. The predicted octanol–water partition coefficient (Wildman–Crippen LogP) is 2.21. The van der Waals surface area contributed by atoms with Gasteiger partial charge in [-0.2, -0.15) is 0 Å². The third-order valence-corrected chi connectivity index (χ3v) is 4.74. The molecule has 0 aliphatic carbocycles. The maximum Gasteiger partial charge on any atom is 0.225 e. The Kier molecular flexibility index (Phi) is 5.61. The first-order chi connectivity index (χ1) is 8.72. The lowest BCUT2D eigenvalue weighted by Crippen LogP contribution is -2.27. The molecule has 0 radical (unpaired) electrons. The molecule has 1 N–H and O–H groups in total. The first-order valence-corrected chi connectivity index (χ1v) is 7.74. The molecule has 0 saturated carbocycles. The Morgan fingerprint density at radius 3 is 2.53 bits per heavy atom. The monoisotopic (exact) mass is 324 g/mol. The van der Waals surface area contributed by atoms with E-state index >= 15 is 0 Å². The lowest BCUT2D eigenvalue weighted by atomic mass is 10.3. The van der Waals surface area contributed by atoms with Gasteiger partial charge in [-0.1, -0.05) is 23.2 Å². The summed E-state index contributed by atoms with van der Waals surface area (Å²) < 4.78 is 24.1. The van der Waals surface area contributed by atoms with Gasteiger partial charge in [0.1, 0.15) is 0 Å². The first-order valence-electron chi connectivity index (χ1n) is 5.37. The van der Waals surface area contributed by atoms with Crippen molar-refractivity contribution in [3.63, 3.8) is 0 Å². The summed E-state index contributed by atoms with van der Waals surface area (Å²) in [7, 11) is -0.555. The van der Waals surface area contributed by atoms with E-state index in [1.165, 1.54) is 20.2 Å². The van der Waals surface area contributed by atoms with Crippen LogP contribution in [0.3, 0.4) is 0 Å². The third kappa shape index (κ3) is 4.99. The summed E-state index contributed by atoms with van der Waals surface area (Å²) in [5.74, 6) is -0.695. The van der Waals surface area contributed by atoms with Crippen LogP contribution in [0.15, 0.2) is 18.2 Å². The quantitative estimate of drug-likeness (QED) is 0.903. The number of benzene rings is 1. The summed E-state index contributed by atoms with van der Waals surface area (Å²) >= 11 is 11.7. The number of anilines is 1. The SMILES string of the molecule is CN(C)S(=O)(=O)CCC(=O)Nc1cc(Cl)ccc1Cl. The van der Waals surface area contributed by atoms with Crippen LogP contribution in [0.25, 0.3) is 0 Å². The minimum absolute atomic E-state index is 0.149. The molecule has 1 aromatic rings. The molecule has 1 aromatic carbocycles. The van der Waals surface area contributed by atoms with Crippen LogP contribution >= 0.6 is 23.2 Å². The molecule has 0 spiro atoms. The summed E-state index contributed by atoms with van der Waals surface area (Å²) in [4.78, 5) is 11.6. The number of halogens is 2. The molecule has 8 heteroatoms. The number of carbonyl (C=O) groups excluding carboxylic acids is 1. The Balaban J connectivity index is 2.64. The number of nitrogens with one attached hydrogen (secondary N) is 1. The number of carbonyl (C=O) groups is 1. The summed E-state index contributed by atoms with van der Waals surface area (Å²) in [6, 6.07) is 4.65. The molecular weight excluding hydrogens is 311 g/mol. The average molecular weight is 325 g/mol. The molecular formula is C11H14Cl2N2O3S. The van der Waals surface area contributed by atoms with Crippen molar-refractivity contribution < 1.29 is 13.2 Å². The summed E-state index contributed by atoms with van der Waals surface area (Å²) in [6.45, 7) is 0. The van der Waals surface area contributed by atoms with Gasteiger partial charge in [-0.15, -0.1) is 0 Å². The highest BCUT2D eigenvalue weighted by Crippen LogP contribution is 2.25. The summed E-state index contributed by atoms with van der Waals surface area (Å²) in [5, 5.41) is 3.30. The van der Waals surface area contributed by atoms with Gasteiger partial charge in [0.15, 0.2) is 0 Å². The molecule has 1 amide bonds. The number of amides is 1. The molecule has 19 heavy (non-hydrogen) atoms. The van der Waals surface area contributed by atoms with Crippen LogP contribution in [-0.4, -0.2) is 38.5 Å². The van der Waals surface area contributed by atoms with Crippen molar-refractivity contribution in [1.29, 1.82) is 0 Å². The van der Waals surface area contributed by atoms with E-state index in [4.69, 9.17) is 23.2 Å². The first kappa shape index (κ1) is 16.2. The second-order valence-electron chi connectivity index (χ2n) is 4.02. The van der Waals surface area contributed by atoms with E-state index < -0.39 is 15.9 Å². The molecule has 0 fully saturated rings. The molecule has 0 aromatic heterocycles. The van der Waals surface area contributed by atoms with Gasteiger partial charge in [0.25, 0.3) is 0 Å². The number of hydrogen-bond donors (Lipinski definition) is 1. The highest BCUT2D eigenvalue weighted by molar-refractivity contribution is 7.89. The normalized spacial score (nSPS) is 11.6. The van der Waals surface area contributed by atoms with Gasteiger partial charge in [0.2, 0.25) is 15.9 Å². The highest BCUT2D eigenvalue weighted by Gasteiger charge is 2.16. The number of rotatable bonds is 5. The molecule has 0 heterocycles. The van der Waals surface area contributed by atoms with Crippen molar-refractivity contribution in [2.24, 2.45) is 0 Å². The Morgan fingerprint density at radius 1 is 1.32 bits per heavy atom. The molecule has 0 unspecified atom stereocenters. The van der Waals surface area contributed by atoms with E-state index in [-0.39, 0.29) is 12.2 Å². The molecule has 0 bridgehead atoms. The predicted molar refractivity (Wildman–Crippen MR) is 77.2 cm³/mol. The minimum Gasteiger partial charge on any atom is -0.325 e. The topological polar surface area (TPSA) is 66.5 Å². The van der Waals surface area contributed by atoms with Crippen LogP contribution < -0.4 is 5.32 Å². The maximum absolute atomic E-state index is 11.6. The fourth-order valence-electron chi connectivity index (χ4n) is 1.21.